The Morgan fingerprint density at radius 2 is 2.12 bits per heavy atom. The zero-order valence-corrected chi connectivity index (χ0v) is 15.9. The number of nitrogens with one attached hydrogen (secondary N) is 1. The van der Waals surface area contributed by atoms with Gasteiger partial charge in [0.15, 0.2) is 5.96 Å². The van der Waals surface area contributed by atoms with Crippen LogP contribution in [0.3, 0.4) is 0 Å². The molecule has 2 aliphatic rings. The largest absolute Gasteiger partial charge is 0.379 e. The quantitative estimate of drug-likeness (QED) is 0.658. The van der Waals surface area contributed by atoms with Crippen LogP contribution in [0.2, 0.25) is 0 Å². The minimum atomic E-state index is 0.728. The van der Waals surface area contributed by atoms with E-state index in [1.165, 1.54) is 17.8 Å². The molecular formula is C17H29N5OS. The van der Waals surface area contributed by atoms with Gasteiger partial charge in [0.25, 0.3) is 0 Å². The highest BCUT2D eigenvalue weighted by atomic mass is 32.1. The van der Waals surface area contributed by atoms with Crippen LogP contribution in [-0.4, -0.2) is 73.7 Å². The van der Waals surface area contributed by atoms with Gasteiger partial charge in [0.05, 0.1) is 25.5 Å². The maximum Gasteiger partial charge on any atom is 0.194 e. The third-order valence-electron chi connectivity index (χ3n) is 4.89. The van der Waals surface area contributed by atoms with Crippen molar-refractivity contribution in [3.8, 4) is 0 Å². The van der Waals surface area contributed by atoms with Gasteiger partial charge in [0, 0.05) is 44.6 Å². The molecule has 7 heteroatoms. The fraction of sp³-hybridized carbons (Fsp3) is 0.765. The first-order valence-electron chi connectivity index (χ1n) is 8.84. The van der Waals surface area contributed by atoms with Gasteiger partial charge in [-0.15, -0.1) is 11.3 Å². The zero-order valence-electron chi connectivity index (χ0n) is 15.0. The molecule has 0 bridgehead atoms. The molecule has 1 atom stereocenters. The summed E-state index contributed by atoms with van der Waals surface area (Å²) in [7, 11) is 1.87. The average molecular weight is 352 g/mol. The Kier molecular flexibility index (Phi) is 6.08. The number of guanidine groups is 1. The summed E-state index contributed by atoms with van der Waals surface area (Å²) in [6.07, 6.45) is 1.24. The van der Waals surface area contributed by atoms with Gasteiger partial charge < -0.3 is 15.0 Å². The Labute approximate surface area is 148 Å². The van der Waals surface area contributed by atoms with Gasteiger partial charge in [-0.05, 0) is 26.2 Å². The second-order valence-corrected chi connectivity index (χ2v) is 7.95. The van der Waals surface area contributed by atoms with Crippen LogP contribution in [0.1, 0.15) is 22.0 Å². The van der Waals surface area contributed by atoms with Crippen molar-refractivity contribution in [2.45, 2.75) is 26.8 Å². The molecular weight excluding hydrogens is 322 g/mol. The lowest BCUT2D eigenvalue weighted by atomic mass is 10.1. The number of morpholine rings is 1. The third-order valence-corrected chi connectivity index (χ3v) is 5.96. The summed E-state index contributed by atoms with van der Waals surface area (Å²) in [6.45, 7) is 12.2. The monoisotopic (exact) mass is 351 g/mol. The number of rotatable bonds is 4. The van der Waals surface area contributed by atoms with E-state index in [1.807, 2.05) is 7.05 Å². The second-order valence-electron chi connectivity index (χ2n) is 6.66. The molecule has 1 aromatic heterocycles. The molecule has 0 aromatic carbocycles. The van der Waals surface area contributed by atoms with Gasteiger partial charge in [0.1, 0.15) is 5.01 Å². The number of aliphatic imine (C=N–C) groups is 1. The Balaban J connectivity index is 1.47. The van der Waals surface area contributed by atoms with Crippen molar-refractivity contribution < 1.29 is 4.74 Å². The van der Waals surface area contributed by atoms with E-state index in [2.05, 4.69) is 38.9 Å². The first kappa shape index (κ1) is 17.6. The predicted molar refractivity (Wildman–Crippen MR) is 98.7 cm³/mol. The number of aromatic nitrogens is 1. The molecule has 0 amide bonds. The van der Waals surface area contributed by atoms with E-state index in [9.17, 15) is 0 Å². The summed E-state index contributed by atoms with van der Waals surface area (Å²) in [5, 5.41) is 4.62. The summed E-state index contributed by atoms with van der Waals surface area (Å²) in [4.78, 5) is 15.3. The van der Waals surface area contributed by atoms with Gasteiger partial charge in [-0.1, -0.05) is 0 Å². The van der Waals surface area contributed by atoms with E-state index in [4.69, 9.17) is 4.74 Å². The van der Waals surface area contributed by atoms with E-state index < -0.39 is 0 Å². The number of hydrogen-bond acceptors (Lipinski definition) is 5. The van der Waals surface area contributed by atoms with Crippen molar-refractivity contribution in [3.05, 3.63) is 15.6 Å². The Hall–Kier alpha value is -1.18. The first-order chi connectivity index (χ1) is 11.7. The Morgan fingerprint density at radius 1 is 1.33 bits per heavy atom. The maximum absolute atomic E-state index is 5.44. The van der Waals surface area contributed by atoms with E-state index in [0.29, 0.717) is 0 Å². The number of hydrogen-bond donors (Lipinski definition) is 1. The fourth-order valence-corrected chi connectivity index (χ4v) is 4.30. The van der Waals surface area contributed by atoms with Gasteiger partial charge in [-0.3, -0.25) is 9.89 Å². The molecule has 24 heavy (non-hydrogen) atoms. The molecule has 1 aromatic rings. The van der Waals surface area contributed by atoms with Crippen LogP contribution in [0.15, 0.2) is 4.99 Å². The molecule has 0 aliphatic carbocycles. The molecule has 0 spiro atoms. The average Bonchev–Trinajstić information content (AvgIpc) is 3.16. The number of nitrogens with zero attached hydrogens (tertiary/aromatic N) is 4. The Bertz CT molecular complexity index is 548. The van der Waals surface area contributed by atoms with Crippen LogP contribution in [0, 0.1) is 19.8 Å². The lowest BCUT2D eigenvalue weighted by molar-refractivity contribution is 0.0315. The fourth-order valence-electron chi connectivity index (χ4n) is 3.42. The van der Waals surface area contributed by atoms with Crippen molar-refractivity contribution in [1.82, 2.24) is 20.1 Å². The summed E-state index contributed by atoms with van der Waals surface area (Å²) in [5.41, 5.74) is 1.14. The summed E-state index contributed by atoms with van der Waals surface area (Å²) < 4.78 is 5.44. The molecule has 0 saturated carbocycles. The van der Waals surface area contributed by atoms with E-state index >= 15 is 0 Å². The second kappa shape index (κ2) is 8.27. The van der Waals surface area contributed by atoms with Crippen LogP contribution >= 0.6 is 11.3 Å². The van der Waals surface area contributed by atoms with Crippen LogP contribution in [0.4, 0.5) is 0 Å². The number of aryl methyl sites for hydroxylation is 2. The highest BCUT2D eigenvalue weighted by molar-refractivity contribution is 7.11. The minimum Gasteiger partial charge on any atom is -0.379 e. The molecule has 3 heterocycles. The van der Waals surface area contributed by atoms with Crippen LogP contribution in [-0.2, 0) is 11.3 Å². The summed E-state index contributed by atoms with van der Waals surface area (Å²) >= 11 is 1.77. The van der Waals surface area contributed by atoms with Crippen molar-refractivity contribution >= 4 is 17.3 Å². The van der Waals surface area contributed by atoms with Crippen molar-refractivity contribution in [2.75, 3.05) is 53.0 Å². The molecule has 1 unspecified atom stereocenters. The van der Waals surface area contributed by atoms with Gasteiger partial charge in [-0.25, -0.2) is 4.98 Å². The first-order valence-corrected chi connectivity index (χ1v) is 9.66. The zero-order chi connectivity index (χ0) is 16.9. The number of thiazole rings is 1. The number of ether oxygens (including phenoxy) is 1. The molecule has 0 radical (unpaired) electrons. The van der Waals surface area contributed by atoms with Gasteiger partial charge >= 0.3 is 0 Å². The normalized spacial score (nSPS) is 23.0. The summed E-state index contributed by atoms with van der Waals surface area (Å²) in [6, 6.07) is 0. The van der Waals surface area contributed by atoms with Crippen molar-refractivity contribution in [3.63, 3.8) is 0 Å². The molecule has 6 nitrogen and oxygen atoms in total. The Morgan fingerprint density at radius 3 is 2.79 bits per heavy atom. The van der Waals surface area contributed by atoms with E-state index in [0.717, 1.165) is 68.5 Å². The van der Waals surface area contributed by atoms with E-state index in [1.54, 1.807) is 11.3 Å². The van der Waals surface area contributed by atoms with Crippen molar-refractivity contribution in [2.24, 2.45) is 10.9 Å². The lowest BCUT2D eigenvalue weighted by Crippen LogP contribution is -2.42. The standard InChI is InChI=1S/C17H29N5OS/c1-13-14(2)24-16(20-13)10-19-17(18-3)22-5-4-15(12-22)11-21-6-8-23-9-7-21/h15H,4-12H2,1-3H3,(H,18,19). The molecule has 2 saturated heterocycles. The molecule has 1 N–H and O–H groups in total. The highest BCUT2D eigenvalue weighted by Gasteiger charge is 2.27. The lowest BCUT2D eigenvalue weighted by Gasteiger charge is -2.29. The van der Waals surface area contributed by atoms with Gasteiger partial charge in [-0.2, -0.15) is 0 Å². The van der Waals surface area contributed by atoms with Crippen LogP contribution in [0.25, 0.3) is 0 Å². The van der Waals surface area contributed by atoms with Crippen molar-refractivity contribution in [1.29, 1.82) is 0 Å². The topological polar surface area (TPSA) is 53.0 Å². The molecule has 2 aliphatic heterocycles. The third kappa shape index (κ3) is 4.46. The highest BCUT2D eigenvalue weighted by Crippen LogP contribution is 2.19. The molecule has 134 valence electrons. The van der Waals surface area contributed by atoms with Crippen LogP contribution in [0.5, 0.6) is 0 Å². The SMILES string of the molecule is CN=C(NCc1nc(C)c(C)s1)N1CCC(CN2CCOCC2)C1. The van der Waals surface area contributed by atoms with E-state index in [-0.39, 0.29) is 0 Å². The predicted octanol–water partition coefficient (Wildman–Crippen LogP) is 1.49. The molecule has 3 rings (SSSR count). The maximum atomic E-state index is 5.44. The summed E-state index contributed by atoms with van der Waals surface area (Å²) in [5.74, 6) is 1.73. The molecule has 2 fully saturated rings. The number of likely N-dealkylation sites (tertiary alicyclic amines) is 1. The van der Waals surface area contributed by atoms with Crippen LogP contribution < -0.4 is 5.32 Å². The smallest absolute Gasteiger partial charge is 0.194 e. The van der Waals surface area contributed by atoms with Gasteiger partial charge in [0.2, 0.25) is 0 Å². The minimum absolute atomic E-state index is 0.728.